The number of allylic oxidation sites excluding steroid dienone is 8. The largest absolute Gasteiger partial charge is 0.512 e. The molecule has 258 valence electrons. The molecule has 0 fully saturated rings. The highest BCUT2D eigenvalue weighted by molar-refractivity contribution is 6.07. The van der Waals surface area contributed by atoms with Crippen LogP contribution in [0, 0.1) is 21.7 Å². The van der Waals surface area contributed by atoms with Crippen molar-refractivity contribution < 1.29 is 39.6 Å². The zero-order chi connectivity index (χ0) is 35.7. The average molecular weight is 659 g/mol. The van der Waals surface area contributed by atoms with Gasteiger partial charge in [-0.1, -0.05) is 79.7 Å². The first kappa shape index (κ1) is 35.4. The third-order valence-corrected chi connectivity index (χ3v) is 10.3. The topological polar surface area (TPSA) is 149 Å². The maximum Gasteiger partial charge on any atom is 0.163 e. The second-order valence-electron chi connectivity index (χ2n) is 17.7. The van der Waals surface area contributed by atoms with Crippen molar-refractivity contribution >= 4 is 23.1 Å². The molecule has 1 aromatic rings. The zero-order valence-corrected chi connectivity index (χ0v) is 29.5. The Kier molecular flexibility index (Phi) is 8.76. The van der Waals surface area contributed by atoms with Gasteiger partial charge < -0.3 is 20.4 Å². The molecule has 0 atom stereocenters. The first-order valence-electron chi connectivity index (χ1n) is 16.9. The third kappa shape index (κ3) is 6.81. The van der Waals surface area contributed by atoms with Crippen molar-refractivity contribution in [2.45, 2.75) is 119 Å². The zero-order valence-electron chi connectivity index (χ0n) is 29.5. The number of aliphatic hydroxyl groups is 4. The Morgan fingerprint density at radius 2 is 0.667 bits per heavy atom. The van der Waals surface area contributed by atoms with Gasteiger partial charge in [0.05, 0.1) is 0 Å². The summed E-state index contributed by atoms with van der Waals surface area (Å²) in [7, 11) is 0. The monoisotopic (exact) mass is 658 g/mol. The quantitative estimate of drug-likeness (QED) is 0.237. The summed E-state index contributed by atoms with van der Waals surface area (Å²) in [6, 6.07) is 6.76. The fraction of sp³-hybridized carbons (Fsp3) is 0.550. The van der Waals surface area contributed by atoms with E-state index in [-0.39, 0.29) is 120 Å². The van der Waals surface area contributed by atoms with E-state index < -0.39 is 33.5 Å². The number of ketones is 4. The van der Waals surface area contributed by atoms with Crippen LogP contribution in [-0.2, 0) is 19.2 Å². The van der Waals surface area contributed by atoms with E-state index in [0.717, 1.165) is 0 Å². The minimum absolute atomic E-state index is 0.0488. The van der Waals surface area contributed by atoms with Gasteiger partial charge in [0.1, 0.15) is 23.0 Å². The first-order valence-corrected chi connectivity index (χ1v) is 16.9. The highest BCUT2D eigenvalue weighted by Crippen LogP contribution is 2.51. The molecule has 0 saturated carbocycles. The molecule has 5 rings (SSSR count). The van der Waals surface area contributed by atoms with Gasteiger partial charge in [0.25, 0.3) is 0 Å². The number of hydrogen-bond donors (Lipinski definition) is 4. The van der Waals surface area contributed by atoms with Crippen LogP contribution in [0.15, 0.2) is 69.6 Å². The van der Waals surface area contributed by atoms with Gasteiger partial charge in [0.2, 0.25) is 0 Å². The molecule has 4 N–H and O–H groups in total. The lowest BCUT2D eigenvalue weighted by atomic mass is 9.65. The van der Waals surface area contributed by atoms with Crippen LogP contribution in [0.4, 0.5) is 0 Å². The van der Waals surface area contributed by atoms with Crippen molar-refractivity contribution in [2.75, 3.05) is 0 Å². The van der Waals surface area contributed by atoms with Gasteiger partial charge in [-0.05, 0) is 32.8 Å². The lowest BCUT2D eigenvalue weighted by Crippen LogP contribution is -2.34. The minimum atomic E-state index is -1.11. The van der Waals surface area contributed by atoms with Crippen LogP contribution in [0.5, 0.6) is 0 Å². The van der Waals surface area contributed by atoms with Crippen LogP contribution in [0.3, 0.4) is 0 Å². The number of aliphatic hydroxyl groups excluding tert-OH is 4. The van der Waals surface area contributed by atoms with E-state index >= 15 is 0 Å². The fourth-order valence-electron chi connectivity index (χ4n) is 8.39. The third-order valence-electron chi connectivity index (χ3n) is 10.3. The molecule has 0 aromatic heterocycles. The van der Waals surface area contributed by atoms with E-state index in [9.17, 15) is 39.6 Å². The Morgan fingerprint density at radius 3 is 0.875 bits per heavy atom. The fourth-order valence-corrected chi connectivity index (χ4v) is 8.39. The van der Waals surface area contributed by atoms with E-state index in [1.807, 2.05) is 55.4 Å². The second kappa shape index (κ2) is 11.9. The van der Waals surface area contributed by atoms with Crippen LogP contribution in [0.1, 0.15) is 130 Å². The van der Waals surface area contributed by atoms with Crippen molar-refractivity contribution in [2.24, 2.45) is 21.7 Å². The van der Waals surface area contributed by atoms with Gasteiger partial charge in [0.15, 0.2) is 23.1 Å². The Labute approximate surface area is 283 Å². The van der Waals surface area contributed by atoms with Crippen LogP contribution in [0.2, 0.25) is 0 Å². The first-order chi connectivity index (χ1) is 22.0. The smallest absolute Gasteiger partial charge is 0.163 e. The van der Waals surface area contributed by atoms with Crippen molar-refractivity contribution in [3.8, 4) is 0 Å². The SMILES string of the molecule is CC1(C)CC(=O)C(C(C2=C(O)CC(C)(C)CC2=O)c2cccc(C(C3=C(O)CC(C)(C)CC3=O)C3=C(O)CC(C)(C)CC3=O)c2)=C(O)C1. The minimum Gasteiger partial charge on any atom is -0.512 e. The molecule has 0 radical (unpaired) electrons. The van der Waals surface area contributed by atoms with Crippen LogP contribution in [0.25, 0.3) is 0 Å². The molecule has 0 saturated heterocycles. The standard InChI is InChI=1S/C40H50O8/c1-37(2)13-23(41)33(24(42)14-37)31(34-25(43)15-38(3,4)16-26(34)44)21-10-9-11-22(12-21)32(35-27(45)17-39(5,6)18-28(35)46)36-29(47)19-40(7,8)20-30(36)48/h9-12,31-32,41,43,45,47H,13-20H2,1-8H3. The van der Waals surface area contributed by atoms with E-state index in [0.29, 0.717) is 11.1 Å². The number of carbonyl (C=O) groups excluding carboxylic acids is 4. The molecule has 0 unspecified atom stereocenters. The summed E-state index contributed by atoms with van der Waals surface area (Å²) < 4.78 is 0. The number of Topliss-reactive ketones (excluding diaryl/α,β-unsaturated/α-hetero) is 4. The Morgan fingerprint density at radius 1 is 0.438 bits per heavy atom. The molecule has 4 aliphatic carbocycles. The Hall–Kier alpha value is -3.94. The number of hydrogen-bond acceptors (Lipinski definition) is 8. The maximum absolute atomic E-state index is 13.8. The van der Waals surface area contributed by atoms with Crippen molar-refractivity contribution in [3.63, 3.8) is 0 Å². The molecule has 8 heteroatoms. The summed E-state index contributed by atoms with van der Waals surface area (Å²) in [5, 5.41) is 45.6. The molecule has 0 heterocycles. The molecule has 8 nitrogen and oxygen atoms in total. The van der Waals surface area contributed by atoms with Gasteiger partial charge in [-0.25, -0.2) is 0 Å². The molecular formula is C40H50O8. The molecule has 0 aliphatic heterocycles. The average Bonchev–Trinajstić information content (AvgIpc) is 2.87. The van der Waals surface area contributed by atoms with E-state index in [1.165, 1.54) is 0 Å². The number of rotatable bonds is 6. The highest BCUT2D eigenvalue weighted by atomic mass is 16.3. The van der Waals surface area contributed by atoms with Gasteiger partial charge in [0, 0.05) is 85.5 Å². The number of carbonyl (C=O) groups is 4. The Bertz CT molecular complexity index is 1510. The van der Waals surface area contributed by atoms with Crippen molar-refractivity contribution in [3.05, 3.63) is 80.7 Å². The summed E-state index contributed by atoms with van der Waals surface area (Å²) >= 11 is 0. The lowest BCUT2D eigenvalue weighted by Gasteiger charge is -2.37. The van der Waals surface area contributed by atoms with Crippen LogP contribution < -0.4 is 0 Å². The second-order valence-corrected chi connectivity index (χ2v) is 17.7. The molecule has 0 bridgehead atoms. The molecule has 0 spiro atoms. The molecule has 4 aliphatic rings. The number of benzene rings is 1. The van der Waals surface area contributed by atoms with E-state index in [1.54, 1.807) is 24.3 Å². The molecular weight excluding hydrogens is 608 g/mol. The maximum atomic E-state index is 13.8. The predicted molar refractivity (Wildman–Crippen MR) is 183 cm³/mol. The molecule has 1 aromatic carbocycles. The van der Waals surface area contributed by atoms with Gasteiger partial charge in [-0.3, -0.25) is 19.2 Å². The van der Waals surface area contributed by atoms with Gasteiger partial charge >= 0.3 is 0 Å². The van der Waals surface area contributed by atoms with E-state index in [4.69, 9.17) is 0 Å². The summed E-state index contributed by atoms with van der Waals surface area (Å²) in [5.41, 5.74) is -1.00. The Balaban J connectivity index is 1.78. The van der Waals surface area contributed by atoms with Crippen molar-refractivity contribution in [1.29, 1.82) is 0 Å². The van der Waals surface area contributed by atoms with Crippen molar-refractivity contribution in [1.82, 2.24) is 0 Å². The molecule has 48 heavy (non-hydrogen) atoms. The van der Waals surface area contributed by atoms with Gasteiger partial charge in [-0.2, -0.15) is 0 Å². The highest BCUT2D eigenvalue weighted by Gasteiger charge is 2.46. The molecule has 0 amide bonds. The van der Waals surface area contributed by atoms with Gasteiger partial charge in [-0.15, -0.1) is 0 Å². The van der Waals surface area contributed by atoms with E-state index in [2.05, 4.69) is 0 Å². The van der Waals surface area contributed by atoms with Crippen LogP contribution in [-0.4, -0.2) is 43.6 Å². The predicted octanol–water partition coefficient (Wildman–Crippen LogP) is 8.66. The summed E-state index contributed by atoms with van der Waals surface area (Å²) in [6.07, 6.45) is 1.36. The summed E-state index contributed by atoms with van der Waals surface area (Å²) in [6.45, 7) is 15.1. The summed E-state index contributed by atoms with van der Waals surface area (Å²) in [4.78, 5) is 55.3. The van der Waals surface area contributed by atoms with Crippen LogP contribution >= 0.6 is 0 Å². The summed E-state index contributed by atoms with van der Waals surface area (Å²) in [5.74, 6) is -4.10. The normalized spacial score (nSPS) is 24.4. The lowest BCUT2D eigenvalue weighted by molar-refractivity contribution is -0.121.